The van der Waals surface area contributed by atoms with Crippen LogP contribution in [-0.2, 0) is 26.2 Å². The summed E-state index contributed by atoms with van der Waals surface area (Å²) in [6.07, 6.45) is 0. The minimum absolute atomic E-state index is 0.0218. The number of ether oxygens (including phenoxy) is 4. The lowest BCUT2D eigenvalue weighted by atomic mass is 10.1. The van der Waals surface area contributed by atoms with Gasteiger partial charge in [0, 0.05) is 24.2 Å². The molecule has 0 saturated carbocycles. The maximum atomic E-state index is 14.4. The standard InChI is InChI=1S/C32H40FN3O8S/c1-21(31(38)34-32(2,3)4)35(19-22-9-11-23(33)12-10-22)30(37)20-36(26-17-24(41-5)13-15-27(26)42-6)45(39,40)25-14-16-28(43-7)29(18-25)44-8/h9-18,21H,19-20H2,1-8H3,(H,34,38)/t21-/m0/s1. The molecule has 0 heterocycles. The van der Waals surface area contributed by atoms with Gasteiger partial charge in [0.2, 0.25) is 11.8 Å². The molecule has 0 saturated heterocycles. The summed E-state index contributed by atoms with van der Waals surface area (Å²) in [5, 5.41) is 2.86. The molecule has 3 aromatic carbocycles. The lowest BCUT2D eigenvalue weighted by Gasteiger charge is -2.33. The van der Waals surface area contributed by atoms with Gasteiger partial charge in [0.15, 0.2) is 11.5 Å². The van der Waals surface area contributed by atoms with Crippen LogP contribution in [0.25, 0.3) is 0 Å². The van der Waals surface area contributed by atoms with E-state index in [0.717, 1.165) is 4.31 Å². The van der Waals surface area contributed by atoms with Gasteiger partial charge in [0.25, 0.3) is 10.0 Å². The molecule has 11 nitrogen and oxygen atoms in total. The molecular weight excluding hydrogens is 605 g/mol. The lowest BCUT2D eigenvalue weighted by molar-refractivity contribution is -0.140. The Labute approximate surface area is 263 Å². The van der Waals surface area contributed by atoms with Crippen molar-refractivity contribution in [3.05, 3.63) is 72.0 Å². The van der Waals surface area contributed by atoms with E-state index in [1.54, 1.807) is 33.8 Å². The number of carbonyl (C=O) groups excluding carboxylic acids is 2. The van der Waals surface area contributed by atoms with E-state index in [0.29, 0.717) is 17.1 Å². The zero-order valence-electron chi connectivity index (χ0n) is 26.7. The van der Waals surface area contributed by atoms with E-state index >= 15 is 0 Å². The smallest absolute Gasteiger partial charge is 0.265 e. The molecule has 3 rings (SSSR count). The maximum Gasteiger partial charge on any atom is 0.265 e. The Kier molecular flexibility index (Phi) is 11.3. The topological polar surface area (TPSA) is 124 Å². The SMILES string of the molecule is COc1ccc(OC)c(N(CC(=O)N(Cc2ccc(F)cc2)[C@@H](C)C(=O)NC(C)(C)C)S(=O)(=O)c2ccc(OC)c(OC)c2)c1. The molecule has 1 atom stereocenters. The van der Waals surface area contributed by atoms with E-state index < -0.39 is 45.8 Å². The van der Waals surface area contributed by atoms with Gasteiger partial charge in [-0.05, 0) is 69.7 Å². The second-order valence-corrected chi connectivity index (χ2v) is 13.0. The summed E-state index contributed by atoms with van der Waals surface area (Å²) >= 11 is 0. The Morgan fingerprint density at radius 2 is 1.44 bits per heavy atom. The van der Waals surface area contributed by atoms with Crippen molar-refractivity contribution in [1.29, 1.82) is 0 Å². The lowest BCUT2D eigenvalue weighted by Crippen LogP contribution is -2.54. The number of benzene rings is 3. The molecule has 0 aliphatic rings. The number of anilines is 1. The monoisotopic (exact) mass is 645 g/mol. The van der Waals surface area contributed by atoms with Crippen molar-refractivity contribution in [3.63, 3.8) is 0 Å². The minimum Gasteiger partial charge on any atom is -0.497 e. The predicted molar refractivity (Wildman–Crippen MR) is 168 cm³/mol. The van der Waals surface area contributed by atoms with E-state index in [4.69, 9.17) is 18.9 Å². The molecule has 0 spiro atoms. The number of hydrogen-bond acceptors (Lipinski definition) is 8. The average molecular weight is 646 g/mol. The number of amides is 2. The Morgan fingerprint density at radius 1 is 0.844 bits per heavy atom. The number of hydrogen-bond donors (Lipinski definition) is 1. The Balaban J connectivity index is 2.17. The van der Waals surface area contributed by atoms with Crippen LogP contribution in [-0.4, -0.2) is 71.7 Å². The molecule has 45 heavy (non-hydrogen) atoms. The molecule has 0 unspecified atom stereocenters. The maximum absolute atomic E-state index is 14.4. The molecule has 1 N–H and O–H groups in total. The van der Waals surface area contributed by atoms with Gasteiger partial charge in [-0.2, -0.15) is 0 Å². The van der Waals surface area contributed by atoms with Crippen LogP contribution in [0.4, 0.5) is 10.1 Å². The van der Waals surface area contributed by atoms with Crippen LogP contribution in [0, 0.1) is 5.82 Å². The summed E-state index contributed by atoms with van der Waals surface area (Å²) in [6.45, 7) is 6.12. The van der Waals surface area contributed by atoms with E-state index in [1.807, 2.05) is 0 Å². The van der Waals surface area contributed by atoms with E-state index in [9.17, 15) is 22.4 Å². The van der Waals surface area contributed by atoms with Gasteiger partial charge in [0.05, 0.1) is 39.0 Å². The highest BCUT2D eigenvalue weighted by Gasteiger charge is 2.35. The Hall–Kier alpha value is -4.52. The predicted octanol–water partition coefficient (Wildman–Crippen LogP) is 4.39. The fourth-order valence-corrected chi connectivity index (χ4v) is 5.88. The van der Waals surface area contributed by atoms with Crippen LogP contribution >= 0.6 is 0 Å². The molecule has 0 aliphatic heterocycles. The Bertz CT molecular complexity index is 1610. The molecule has 2 amide bonds. The van der Waals surface area contributed by atoms with Gasteiger partial charge in [-0.3, -0.25) is 13.9 Å². The summed E-state index contributed by atoms with van der Waals surface area (Å²) in [5.41, 5.74) is -0.0471. The summed E-state index contributed by atoms with van der Waals surface area (Å²) in [5.74, 6) is -0.693. The highest BCUT2D eigenvalue weighted by Crippen LogP contribution is 2.37. The van der Waals surface area contributed by atoms with Crippen LogP contribution in [0.2, 0.25) is 0 Å². The fourth-order valence-electron chi connectivity index (χ4n) is 4.45. The molecule has 3 aromatic rings. The molecule has 0 aliphatic carbocycles. The average Bonchev–Trinajstić information content (AvgIpc) is 3.01. The van der Waals surface area contributed by atoms with Crippen LogP contribution in [0.3, 0.4) is 0 Å². The highest BCUT2D eigenvalue weighted by molar-refractivity contribution is 7.92. The second kappa shape index (κ2) is 14.5. The van der Waals surface area contributed by atoms with Crippen LogP contribution in [0.1, 0.15) is 33.3 Å². The first kappa shape index (κ1) is 35.0. The first-order valence-electron chi connectivity index (χ1n) is 14.0. The number of nitrogens with one attached hydrogen (secondary N) is 1. The van der Waals surface area contributed by atoms with Crippen molar-refractivity contribution in [2.45, 2.75) is 50.7 Å². The van der Waals surface area contributed by atoms with Gasteiger partial charge < -0.3 is 29.2 Å². The molecule has 0 fully saturated rings. The summed E-state index contributed by atoms with van der Waals surface area (Å²) < 4.78 is 64.7. The third-order valence-electron chi connectivity index (χ3n) is 6.81. The zero-order valence-corrected chi connectivity index (χ0v) is 27.5. The highest BCUT2D eigenvalue weighted by atomic mass is 32.2. The van der Waals surface area contributed by atoms with Crippen molar-refractivity contribution in [1.82, 2.24) is 10.2 Å². The first-order valence-corrected chi connectivity index (χ1v) is 15.4. The molecule has 0 aromatic heterocycles. The second-order valence-electron chi connectivity index (χ2n) is 11.1. The van der Waals surface area contributed by atoms with Gasteiger partial charge in [-0.1, -0.05) is 12.1 Å². The zero-order chi connectivity index (χ0) is 33.5. The molecule has 0 bridgehead atoms. The first-order chi connectivity index (χ1) is 21.1. The number of carbonyl (C=O) groups is 2. The third kappa shape index (κ3) is 8.56. The summed E-state index contributed by atoms with van der Waals surface area (Å²) in [6, 6.07) is 13.0. The number of nitrogens with zero attached hydrogens (tertiary/aromatic N) is 2. The van der Waals surface area contributed by atoms with Crippen LogP contribution < -0.4 is 28.6 Å². The van der Waals surface area contributed by atoms with Gasteiger partial charge in [-0.25, -0.2) is 12.8 Å². The van der Waals surface area contributed by atoms with Gasteiger partial charge >= 0.3 is 0 Å². The molecule has 0 radical (unpaired) electrons. The van der Waals surface area contributed by atoms with Crippen molar-refractivity contribution in [3.8, 4) is 23.0 Å². The van der Waals surface area contributed by atoms with Crippen molar-refractivity contribution in [2.24, 2.45) is 0 Å². The van der Waals surface area contributed by atoms with Crippen LogP contribution in [0.5, 0.6) is 23.0 Å². The van der Waals surface area contributed by atoms with Crippen LogP contribution in [0.15, 0.2) is 65.6 Å². The molecular formula is C32H40FN3O8S. The normalized spacial score (nSPS) is 12.1. The quantitative estimate of drug-likeness (QED) is 0.291. The van der Waals surface area contributed by atoms with Gasteiger partial charge in [0.1, 0.15) is 29.9 Å². The number of sulfonamides is 1. The van der Waals surface area contributed by atoms with Crippen molar-refractivity contribution >= 4 is 27.5 Å². The Morgan fingerprint density at radius 3 is 2.00 bits per heavy atom. The summed E-state index contributed by atoms with van der Waals surface area (Å²) in [4.78, 5) is 28.5. The van der Waals surface area contributed by atoms with Crippen molar-refractivity contribution < 1.29 is 41.3 Å². The minimum atomic E-state index is -4.49. The van der Waals surface area contributed by atoms with E-state index in [-0.39, 0.29) is 28.6 Å². The van der Waals surface area contributed by atoms with E-state index in [1.165, 1.54) is 87.9 Å². The largest absolute Gasteiger partial charge is 0.497 e. The number of methoxy groups -OCH3 is 4. The molecule has 244 valence electrons. The van der Waals surface area contributed by atoms with Gasteiger partial charge in [-0.15, -0.1) is 0 Å². The summed E-state index contributed by atoms with van der Waals surface area (Å²) in [7, 11) is 1.10. The van der Waals surface area contributed by atoms with E-state index in [2.05, 4.69) is 5.32 Å². The fraction of sp³-hybridized carbons (Fsp3) is 0.375. The number of rotatable bonds is 13. The third-order valence-corrected chi connectivity index (χ3v) is 8.56. The molecule has 13 heteroatoms. The number of halogens is 1. The van der Waals surface area contributed by atoms with Crippen molar-refractivity contribution in [2.75, 3.05) is 39.3 Å².